The number of rotatable bonds is 4. The molecule has 0 aromatic rings. The summed E-state index contributed by atoms with van der Waals surface area (Å²) in [6, 6.07) is 0.712. The van der Waals surface area contributed by atoms with E-state index in [4.69, 9.17) is 4.74 Å². The van der Waals surface area contributed by atoms with Crippen molar-refractivity contribution in [2.24, 2.45) is 0 Å². The standard InChI is InChI=1S/C6H13NO.C5H14N2/c1-7-6-2-4-8-5-3-6;1-6-4-5-7(2)3/h6-7H,2-5H2,1H3;6H,4-5H2,1-3H3. The highest BCUT2D eigenvalue weighted by Gasteiger charge is 2.09. The highest BCUT2D eigenvalue weighted by atomic mass is 16.5. The van der Waals surface area contributed by atoms with Crippen molar-refractivity contribution in [2.75, 3.05) is 54.5 Å². The Balaban J connectivity index is 0.000000265. The molecule has 2 N–H and O–H groups in total. The van der Waals surface area contributed by atoms with Crippen molar-refractivity contribution in [3.8, 4) is 0 Å². The fourth-order valence-electron chi connectivity index (χ4n) is 1.32. The third-order valence-corrected chi connectivity index (χ3v) is 2.44. The van der Waals surface area contributed by atoms with Gasteiger partial charge >= 0.3 is 0 Å². The van der Waals surface area contributed by atoms with E-state index in [0.29, 0.717) is 6.04 Å². The average molecular weight is 217 g/mol. The highest BCUT2D eigenvalue weighted by molar-refractivity contribution is 4.66. The predicted octanol–water partition coefficient (Wildman–Crippen LogP) is 0.152. The summed E-state index contributed by atoms with van der Waals surface area (Å²) < 4.78 is 5.16. The zero-order chi connectivity index (χ0) is 11.5. The molecule has 4 nitrogen and oxygen atoms in total. The molecule has 1 rings (SSSR count). The monoisotopic (exact) mass is 217 g/mol. The van der Waals surface area contributed by atoms with E-state index < -0.39 is 0 Å². The molecule has 0 atom stereocenters. The summed E-state index contributed by atoms with van der Waals surface area (Å²) >= 11 is 0. The first kappa shape index (κ1) is 14.8. The Morgan fingerprint density at radius 1 is 1.20 bits per heavy atom. The lowest BCUT2D eigenvalue weighted by Gasteiger charge is -2.20. The van der Waals surface area contributed by atoms with Crippen LogP contribution in [-0.4, -0.2) is 65.4 Å². The summed E-state index contributed by atoms with van der Waals surface area (Å²) in [7, 11) is 8.11. The van der Waals surface area contributed by atoms with E-state index in [0.717, 1.165) is 26.3 Å². The molecule has 0 aliphatic carbocycles. The van der Waals surface area contributed by atoms with E-state index in [2.05, 4.69) is 29.6 Å². The average Bonchev–Trinajstić information content (AvgIpc) is 2.28. The SMILES string of the molecule is CNC1CCOCC1.CNCCN(C)C. The Bertz CT molecular complexity index is 125. The van der Waals surface area contributed by atoms with Crippen LogP contribution in [0.1, 0.15) is 12.8 Å². The van der Waals surface area contributed by atoms with Crippen molar-refractivity contribution >= 4 is 0 Å². The van der Waals surface area contributed by atoms with Crippen LogP contribution in [0, 0.1) is 0 Å². The topological polar surface area (TPSA) is 36.5 Å². The molecule has 4 heteroatoms. The Hall–Kier alpha value is -0.160. The minimum Gasteiger partial charge on any atom is -0.381 e. The zero-order valence-corrected chi connectivity index (χ0v) is 10.7. The molecule has 0 saturated carbocycles. The summed E-state index contributed by atoms with van der Waals surface area (Å²) in [6.45, 7) is 4.07. The molecule has 0 amide bonds. The third-order valence-electron chi connectivity index (χ3n) is 2.44. The van der Waals surface area contributed by atoms with E-state index >= 15 is 0 Å². The van der Waals surface area contributed by atoms with E-state index in [9.17, 15) is 0 Å². The normalized spacial score (nSPS) is 17.4. The van der Waals surface area contributed by atoms with Crippen LogP contribution in [0.2, 0.25) is 0 Å². The van der Waals surface area contributed by atoms with Gasteiger partial charge in [-0.05, 0) is 41.0 Å². The van der Waals surface area contributed by atoms with Gasteiger partial charge in [-0.25, -0.2) is 0 Å². The molecular weight excluding hydrogens is 190 g/mol. The molecule has 92 valence electrons. The third kappa shape index (κ3) is 10.1. The second kappa shape index (κ2) is 10.4. The van der Waals surface area contributed by atoms with Crippen LogP contribution in [0.25, 0.3) is 0 Å². The Kier molecular flexibility index (Phi) is 10.3. The Labute approximate surface area is 94.4 Å². The molecule has 1 aliphatic rings. The Morgan fingerprint density at radius 3 is 2.07 bits per heavy atom. The summed E-state index contributed by atoms with van der Waals surface area (Å²) in [6.07, 6.45) is 2.35. The summed E-state index contributed by atoms with van der Waals surface area (Å²) in [5, 5.41) is 6.28. The smallest absolute Gasteiger partial charge is 0.0480 e. The van der Waals surface area contributed by atoms with Crippen LogP contribution in [0.3, 0.4) is 0 Å². The first-order chi connectivity index (χ1) is 7.20. The maximum atomic E-state index is 5.16. The van der Waals surface area contributed by atoms with E-state index in [-0.39, 0.29) is 0 Å². The quantitative estimate of drug-likeness (QED) is 0.703. The van der Waals surface area contributed by atoms with Gasteiger partial charge in [0.15, 0.2) is 0 Å². The van der Waals surface area contributed by atoms with E-state index in [1.54, 1.807) is 0 Å². The molecule has 1 saturated heterocycles. The second-order valence-electron chi connectivity index (χ2n) is 4.08. The molecule has 1 fully saturated rings. The van der Waals surface area contributed by atoms with Gasteiger partial charge in [0.2, 0.25) is 0 Å². The summed E-state index contributed by atoms with van der Waals surface area (Å²) in [5.74, 6) is 0. The number of likely N-dealkylation sites (N-methyl/N-ethyl adjacent to an activating group) is 2. The lowest BCUT2D eigenvalue weighted by molar-refractivity contribution is 0.0799. The molecule has 0 radical (unpaired) electrons. The molecule has 0 aromatic carbocycles. The Morgan fingerprint density at radius 2 is 1.80 bits per heavy atom. The largest absolute Gasteiger partial charge is 0.381 e. The van der Waals surface area contributed by atoms with Gasteiger partial charge in [0.05, 0.1) is 0 Å². The second-order valence-corrected chi connectivity index (χ2v) is 4.08. The van der Waals surface area contributed by atoms with Crippen molar-refractivity contribution in [3.05, 3.63) is 0 Å². The van der Waals surface area contributed by atoms with Crippen molar-refractivity contribution in [3.63, 3.8) is 0 Å². The number of hydrogen-bond acceptors (Lipinski definition) is 4. The lowest BCUT2D eigenvalue weighted by Crippen LogP contribution is -2.31. The summed E-state index contributed by atoms with van der Waals surface area (Å²) in [5.41, 5.74) is 0. The van der Waals surface area contributed by atoms with Crippen molar-refractivity contribution in [1.29, 1.82) is 0 Å². The van der Waals surface area contributed by atoms with E-state index in [1.165, 1.54) is 12.8 Å². The van der Waals surface area contributed by atoms with Crippen LogP contribution in [0.4, 0.5) is 0 Å². The number of ether oxygens (including phenoxy) is 1. The van der Waals surface area contributed by atoms with Gasteiger partial charge in [-0.3, -0.25) is 0 Å². The first-order valence-corrected chi connectivity index (χ1v) is 5.75. The van der Waals surface area contributed by atoms with Crippen LogP contribution in [0.15, 0.2) is 0 Å². The lowest BCUT2D eigenvalue weighted by atomic mass is 10.1. The van der Waals surface area contributed by atoms with Crippen LogP contribution >= 0.6 is 0 Å². The first-order valence-electron chi connectivity index (χ1n) is 5.75. The van der Waals surface area contributed by atoms with Gasteiger partial charge in [-0.2, -0.15) is 0 Å². The van der Waals surface area contributed by atoms with Gasteiger partial charge in [0, 0.05) is 32.3 Å². The van der Waals surface area contributed by atoms with Crippen molar-refractivity contribution < 1.29 is 4.74 Å². The summed E-state index contributed by atoms with van der Waals surface area (Å²) in [4.78, 5) is 2.15. The van der Waals surface area contributed by atoms with Crippen LogP contribution in [-0.2, 0) is 4.74 Å². The molecule has 0 unspecified atom stereocenters. The number of hydrogen-bond donors (Lipinski definition) is 2. The molecule has 15 heavy (non-hydrogen) atoms. The van der Waals surface area contributed by atoms with Gasteiger partial charge in [0.1, 0.15) is 0 Å². The van der Waals surface area contributed by atoms with E-state index in [1.807, 2.05) is 14.1 Å². The van der Waals surface area contributed by atoms with Crippen LogP contribution < -0.4 is 10.6 Å². The number of nitrogens with one attached hydrogen (secondary N) is 2. The van der Waals surface area contributed by atoms with Crippen molar-refractivity contribution in [2.45, 2.75) is 18.9 Å². The molecule has 0 bridgehead atoms. The highest BCUT2D eigenvalue weighted by Crippen LogP contribution is 2.04. The molecule has 0 aromatic heterocycles. The van der Waals surface area contributed by atoms with Crippen molar-refractivity contribution in [1.82, 2.24) is 15.5 Å². The minimum absolute atomic E-state index is 0.712. The number of nitrogens with zero attached hydrogens (tertiary/aromatic N) is 1. The zero-order valence-electron chi connectivity index (χ0n) is 10.7. The van der Waals surface area contributed by atoms with Gasteiger partial charge in [-0.15, -0.1) is 0 Å². The van der Waals surface area contributed by atoms with Gasteiger partial charge in [-0.1, -0.05) is 0 Å². The van der Waals surface area contributed by atoms with Crippen LogP contribution in [0.5, 0.6) is 0 Å². The molecule has 0 spiro atoms. The van der Waals surface area contributed by atoms with Gasteiger partial charge in [0.25, 0.3) is 0 Å². The fraction of sp³-hybridized carbons (Fsp3) is 1.00. The fourth-order valence-corrected chi connectivity index (χ4v) is 1.32. The molecular formula is C11H27N3O. The maximum absolute atomic E-state index is 5.16. The van der Waals surface area contributed by atoms with Gasteiger partial charge < -0.3 is 20.3 Å². The maximum Gasteiger partial charge on any atom is 0.0480 e. The predicted molar refractivity (Wildman–Crippen MR) is 65.4 cm³/mol. The molecule has 1 heterocycles. The molecule has 1 aliphatic heterocycles. The minimum atomic E-state index is 0.712.